The first-order chi connectivity index (χ1) is 12.6. The second-order valence-corrected chi connectivity index (χ2v) is 6.11. The maximum Gasteiger partial charge on any atom is 0.258 e. The van der Waals surface area contributed by atoms with Crippen molar-refractivity contribution in [3.8, 4) is 17.2 Å². The predicted octanol–water partition coefficient (Wildman–Crippen LogP) is 3.83. The Labute approximate surface area is 152 Å². The molecule has 2 aromatic rings. The normalized spacial score (nSPS) is 16.5. The molecule has 0 saturated carbocycles. The van der Waals surface area contributed by atoms with Gasteiger partial charge in [0.05, 0.1) is 32.9 Å². The Morgan fingerprint density at radius 2 is 1.77 bits per heavy atom. The number of carbonyl (C=O) groups excluding carboxylic acids is 1. The molecule has 0 N–H and O–H groups in total. The first kappa shape index (κ1) is 18.0. The van der Waals surface area contributed by atoms with Gasteiger partial charge in [-0.25, -0.2) is 4.39 Å². The Kier molecular flexibility index (Phi) is 5.30. The quantitative estimate of drug-likeness (QED) is 0.814. The van der Waals surface area contributed by atoms with E-state index in [1.807, 2.05) is 18.2 Å². The molecule has 26 heavy (non-hydrogen) atoms. The maximum absolute atomic E-state index is 13.7. The number of likely N-dealkylation sites (tertiary alicyclic amines) is 1. The van der Waals surface area contributed by atoms with E-state index in [-0.39, 0.29) is 17.5 Å². The van der Waals surface area contributed by atoms with Crippen LogP contribution in [0.15, 0.2) is 36.4 Å². The Hall–Kier alpha value is -2.76. The van der Waals surface area contributed by atoms with E-state index in [1.54, 1.807) is 19.1 Å². The average Bonchev–Trinajstić information content (AvgIpc) is 3.16. The van der Waals surface area contributed by atoms with Crippen molar-refractivity contribution in [3.63, 3.8) is 0 Å². The van der Waals surface area contributed by atoms with E-state index in [1.165, 1.54) is 25.3 Å². The molecule has 0 radical (unpaired) electrons. The first-order valence-electron chi connectivity index (χ1n) is 8.45. The summed E-state index contributed by atoms with van der Waals surface area (Å²) < 4.78 is 29.7. The number of amides is 1. The number of halogens is 1. The fourth-order valence-corrected chi connectivity index (χ4v) is 3.43. The van der Waals surface area contributed by atoms with E-state index in [4.69, 9.17) is 14.2 Å². The van der Waals surface area contributed by atoms with Gasteiger partial charge in [0.1, 0.15) is 23.1 Å². The molecule has 5 nitrogen and oxygen atoms in total. The van der Waals surface area contributed by atoms with Crippen LogP contribution in [-0.4, -0.2) is 38.7 Å². The van der Waals surface area contributed by atoms with Crippen molar-refractivity contribution in [1.82, 2.24) is 4.90 Å². The molecule has 0 aliphatic carbocycles. The summed E-state index contributed by atoms with van der Waals surface area (Å²) in [4.78, 5) is 14.9. The Bertz CT molecular complexity index is 808. The molecule has 1 saturated heterocycles. The number of benzene rings is 2. The predicted molar refractivity (Wildman–Crippen MR) is 95.5 cm³/mol. The Morgan fingerprint density at radius 3 is 2.46 bits per heavy atom. The minimum atomic E-state index is -0.469. The van der Waals surface area contributed by atoms with Gasteiger partial charge in [-0.15, -0.1) is 0 Å². The van der Waals surface area contributed by atoms with Crippen LogP contribution in [0.2, 0.25) is 0 Å². The summed E-state index contributed by atoms with van der Waals surface area (Å²) in [5.74, 6) is 1.03. The summed E-state index contributed by atoms with van der Waals surface area (Å²) >= 11 is 0. The summed E-state index contributed by atoms with van der Waals surface area (Å²) in [6.45, 7) is 0.587. The number of hydrogen-bond donors (Lipinski definition) is 0. The fraction of sp³-hybridized carbons (Fsp3) is 0.350. The third-order valence-electron chi connectivity index (χ3n) is 4.70. The third kappa shape index (κ3) is 3.31. The lowest BCUT2D eigenvalue weighted by molar-refractivity contribution is 0.0730. The monoisotopic (exact) mass is 359 g/mol. The van der Waals surface area contributed by atoms with Crippen LogP contribution in [0.4, 0.5) is 4.39 Å². The molecule has 1 atom stereocenters. The van der Waals surface area contributed by atoms with Crippen molar-refractivity contribution < 1.29 is 23.4 Å². The molecular formula is C20H22FNO4. The van der Waals surface area contributed by atoms with E-state index >= 15 is 0 Å². The standard InChI is InChI=1S/C20H22FNO4/c1-24-14-7-9-18(25-2)15(12-14)17-5-4-10-22(17)20(23)16-11-13(21)6-8-19(16)26-3/h6-9,11-12,17H,4-5,10H2,1-3H3. The molecule has 138 valence electrons. The smallest absolute Gasteiger partial charge is 0.258 e. The highest BCUT2D eigenvalue weighted by molar-refractivity contribution is 5.97. The van der Waals surface area contributed by atoms with Crippen LogP contribution in [-0.2, 0) is 0 Å². The lowest BCUT2D eigenvalue weighted by Crippen LogP contribution is -2.31. The zero-order valence-corrected chi connectivity index (χ0v) is 15.1. The van der Waals surface area contributed by atoms with Gasteiger partial charge in [0.15, 0.2) is 0 Å². The topological polar surface area (TPSA) is 48.0 Å². The number of ether oxygens (including phenoxy) is 3. The van der Waals surface area contributed by atoms with E-state index in [0.717, 1.165) is 18.4 Å². The van der Waals surface area contributed by atoms with Crippen molar-refractivity contribution in [2.45, 2.75) is 18.9 Å². The highest BCUT2D eigenvalue weighted by Crippen LogP contribution is 2.40. The second-order valence-electron chi connectivity index (χ2n) is 6.11. The maximum atomic E-state index is 13.7. The minimum Gasteiger partial charge on any atom is -0.497 e. The molecule has 1 aliphatic heterocycles. The number of methoxy groups -OCH3 is 3. The summed E-state index contributed by atoms with van der Waals surface area (Å²) in [7, 11) is 4.67. The fourth-order valence-electron chi connectivity index (χ4n) is 3.43. The number of carbonyl (C=O) groups is 1. The van der Waals surface area contributed by atoms with Crippen molar-refractivity contribution >= 4 is 5.91 Å². The molecule has 6 heteroatoms. The SMILES string of the molecule is COc1ccc(OC)c(C2CCCN2C(=O)c2cc(F)ccc2OC)c1. The Morgan fingerprint density at radius 1 is 1.04 bits per heavy atom. The number of hydrogen-bond acceptors (Lipinski definition) is 4. The summed E-state index contributed by atoms with van der Waals surface area (Å²) in [6, 6.07) is 9.34. The van der Waals surface area contributed by atoms with Crippen LogP contribution < -0.4 is 14.2 Å². The summed E-state index contributed by atoms with van der Waals surface area (Å²) in [5, 5.41) is 0. The van der Waals surface area contributed by atoms with Crippen LogP contribution in [0.1, 0.15) is 34.8 Å². The number of nitrogens with zero attached hydrogens (tertiary/aromatic N) is 1. The van der Waals surface area contributed by atoms with Gasteiger partial charge < -0.3 is 19.1 Å². The molecule has 0 aromatic heterocycles. The molecule has 1 aliphatic rings. The van der Waals surface area contributed by atoms with Crippen molar-refractivity contribution in [1.29, 1.82) is 0 Å². The van der Waals surface area contributed by atoms with Gasteiger partial charge in [-0.05, 0) is 49.2 Å². The first-order valence-corrected chi connectivity index (χ1v) is 8.45. The molecule has 0 bridgehead atoms. The van der Waals surface area contributed by atoms with Crippen LogP contribution >= 0.6 is 0 Å². The molecule has 3 rings (SSSR count). The summed E-state index contributed by atoms with van der Waals surface area (Å²) in [6.07, 6.45) is 1.65. The second kappa shape index (κ2) is 7.64. The van der Waals surface area contributed by atoms with Gasteiger partial charge in [0.2, 0.25) is 0 Å². The highest BCUT2D eigenvalue weighted by atomic mass is 19.1. The van der Waals surface area contributed by atoms with E-state index < -0.39 is 5.82 Å². The van der Waals surface area contributed by atoms with E-state index in [0.29, 0.717) is 23.8 Å². The van der Waals surface area contributed by atoms with Crippen molar-refractivity contribution in [3.05, 3.63) is 53.3 Å². The summed E-state index contributed by atoms with van der Waals surface area (Å²) in [5.41, 5.74) is 1.11. The van der Waals surface area contributed by atoms with Crippen LogP contribution in [0.3, 0.4) is 0 Å². The number of rotatable bonds is 5. The molecule has 0 spiro atoms. The zero-order valence-electron chi connectivity index (χ0n) is 15.1. The van der Waals surface area contributed by atoms with Crippen LogP contribution in [0, 0.1) is 5.82 Å². The molecule has 1 fully saturated rings. The lowest BCUT2D eigenvalue weighted by Gasteiger charge is -2.27. The van der Waals surface area contributed by atoms with Gasteiger partial charge >= 0.3 is 0 Å². The third-order valence-corrected chi connectivity index (χ3v) is 4.70. The van der Waals surface area contributed by atoms with Crippen LogP contribution in [0.25, 0.3) is 0 Å². The van der Waals surface area contributed by atoms with Gasteiger partial charge in [0.25, 0.3) is 5.91 Å². The van der Waals surface area contributed by atoms with Crippen LogP contribution in [0.5, 0.6) is 17.2 Å². The Balaban J connectivity index is 1.99. The molecule has 1 amide bonds. The molecular weight excluding hydrogens is 337 g/mol. The van der Waals surface area contributed by atoms with Gasteiger partial charge in [-0.3, -0.25) is 4.79 Å². The van der Waals surface area contributed by atoms with E-state index in [9.17, 15) is 9.18 Å². The zero-order chi connectivity index (χ0) is 18.7. The largest absolute Gasteiger partial charge is 0.497 e. The molecule has 1 unspecified atom stereocenters. The minimum absolute atomic E-state index is 0.166. The lowest BCUT2D eigenvalue weighted by atomic mass is 10.0. The average molecular weight is 359 g/mol. The molecule has 1 heterocycles. The molecule has 2 aromatic carbocycles. The van der Waals surface area contributed by atoms with Gasteiger partial charge in [-0.1, -0.05) is 0 Å². The highest BCUT2D eigenvalue weighted by Gasteiger charge is 2.34. The van der Waals surface area contributed by atoms with E-state index in [2.05, 4.69) is 0 Å². The van der Waals surface area contributed by atoms with Crippen molar-refractivity contribution in [2.75, 3.05) is 27.9 Å². The van der Waals surface area contributed by atoms with Gasteiger partial charge in [-0.2, -0.15) is 0 Å². The van der Waals surface area contributed by atoms with Crippen molar-refractivity contribution in [2.24, 2.45) is 0 Å². The van der Waals surface area contributed by atoms with Gasteiger partial charge in [0, 0.05) is 12.1 Å².